The number of hydrogen-bond donors (Lipinski definition) is 0. The number of hydrogen-bond acceptors (Lipinski definition) is 1. The smallest absolute Gasteiger partial charge is 0.0598 e. The van der Waals surface area contributed by atoms with E-state index in [0.29, 0.717) is 6.04 Å². The van der Waals surface area contributed by atoms with Gasteiger partial charge in [0, 0.05) is 6.04 Å². The van der Waals surface area contributed by atoms with Gasteiger partial charge in [-0.2, -0.15) is 0 Å². The minimum absolute atomic E-state index is 0.596. The zero-order chi connectivity index (χ0) is 10.4. The summed E-state index contributed by atoms with van der Waals surface area (Å²) in [5.41, 5.74) is 0. The van der Waals surface area contributed by atoms with E-state index in [1.165, 1.54) is 25.7 Å². The van der Waals surface area contributed by atoms with Gasteiger partial charge in [0.15, 0.2) is 0 Å². The number of nitrogens with zero attached hydrogens (tertiary/aromatic N) is 1. The van der Waals surface area contributed by atoms with Gasteiger partial charge in [0.05, 0.1) is 6.54 Å². The van der Waals surface area contributed by atoms with Crippen molar-refractivity contribution in [1.82, 2.24) is 4.90 Å². The quantitative estimate of drug-likeness (QED) is 0.488. The Labute approximate surface area is 88.2 Å². The summed E-state index contributed by atoms with van der Waals surface area (Å²) in [4.78, 5) is 2.25. The van der Waals surface area contributed by atoms with Gasteiger partial charge in [0.1, 0.15) is 0 Å². The molecule has 0 bridgehead atoms. The number of rotatable bonds is 4. The highest BCUT2D eigenvalue weighted by Crippen LogP contribution is 2.22. The molecule has 1 aliphatic rings. The van der Waals surface area contributed by atoms with Crippen LogP contribution >= 0.6 is 0 Å². The molecule has 0 amide bonds. The van der Waals surface area contributed by atoms with Crippen LogP contribution in [0, 0.1) is 18.3 Å². The molecular formula is C13H21N. The predicted octanol–water partition coefficient (Wildman–Crippen LogP) is 2.69. The lowest BCUT2D eigenvalue weighted by Crippen LogP contribution is -2.31. The van der Waals surface area contributed by atoms with E-state index in [9.17, 15) is 0 Å². The molecule has 1 heteroatoms. The van der Waals surface area contributed by atoms with Crippen LogP contribution in [0.5, 0.6) is 0 Å². The van der Waals surface area contributed by atoms with Crippen LogP contribution in [0.25, 0.3) is 0 Å². The molecule has 0 saturated carbocycles. The second-order valence-corrected chi connectivity index (χ2v) is 4.32. The third-order valence-electron chi connectivity index (χ3n) is 3.09. The molecule has 0 aromatic carbocycles. The molecule has 0 fully saturated rings. The average molecular weight is 191 g/mol. The largest absolute Gasteiger partial charge is 0.293 e. The summed E-state index contributed by atoms with van der Waals surface area (Å²) in [5.74, 6) is 3.47. The van der Waals surface area contributed by atoms with Crippen molar-refractivity contribution in [3.8, 4) is 12.3 Å². The molecule has 0 radical (unpaired) electrons. The fourth-order valence-corrected chi connectivity index (χ4v) is 2.00. The topological polar surface area (TPSA) is 3.24 Å². The van der Waals surface area contributed by atoms with Crippen molar-refractivity contribution in [2.45, 2.75) is 38.6 Å². The van der Waals surface area contributed by atoms with Crippen LogP contribution in [0.4, 0.5) is 0 Å². The number of terminal acetylenes is 1. The average Bonchev–Trinajstić information content (AvgIpc) is 2.19. The normalized spacial score (nSPS) is 23.4. The second kappa shape index (κ2) is 5.88. The molecule has 2 unspecified atom stereocenters. The zero-order valence-corrected chi connectivity index (χ0v) is 9.37. The lowest BCUT2D eigenvalue weighted by molar-refractivity contribution is 0.249. The summed E-state index contributed by atoms with van der Waals surface area (Å²) in [7, 11) is 2.11. The van der Waals surface area contributed by atoms with Crippen LogP contribution in [-0.4, -0.2) is 24.5 Å². The van der Waals surface area contributed by atoms with Gasteiger partial charge in [-0.05, 0) is 45.6 Å². The molecular weight excluding hydrogens is 170 g/mol. The molecule has 0 spiro atoms. The highest BCUT2D eigenvalue weighted by atomic mass is 15.1. The summed E-state index contributed by atoms with van der Waals surface area (Å²) in [6.07, 6.45) is 15.2. The van der Waals surface area contributed by atoms with Crippen molar-refractivity contribution in [1.29, 1.82) is 0 Å². The standard InChI is InChI=1S/C13H21N/c1-4-10-14(3)12(2)11-13-8-6-5-7-9-13/h1,6,8,12-13H,5,7,9-11H2,2-3H3. The van der Waals surface area contributed by atoms with Crippen LogP contribution in [0.2, 0.25) is 0 Å². The van der Waals surface area contributed by atoms with E-state index in [4.69, 9.17) is 6.42 Å². The van der Waals surface area contributed by atoms with Crippen molar-refractivity contribution in [2.24, 2.45) is 5.92 Å². The van der Waals surface area contributed by atoms with Crippen molar-refractivity contribution >= 4 is 0 Å². The van der Waals surface area contributed by atoms with E-state index in [-0.39, 0.29) is 0 Å². The lowest BCUT2D eigenvalue weighted by atomic mass is 9.90. The molecule has 0 aliphatic heterocycles. The molecule has 0 heterocycles. The SMILES string of the molecule is C#CCN(C)C(C)CC1C=CCCC1. The van der Waals surface area contributed by atoms with Crippen molar-refractivity contribution < 1.29 is 0 Å². The van der Waals surface area contributed by atoms with Crippen molar-refractivity contribution in [3.63, 3.8) is 0 Å². The van der Waals surface area contributed by atoms with E-state index in [2.05, 4.69) is 36.9 Å². The summed E-state index contributed by atoms with van der Waals surface area (Å²) >= 11 is 0. The van der Waals surface area contributed by atoms with Crippen LogP contribution in [0.3, 0.4) is 0 Å². The van der Waals surface area contributed by atoms with Gasteiger partial charge in [0.25, 0.3) is 0 Å². The Kier molecular flexibility index (Phi) is 4.76. The first-order valence-corrected chi connectivity index (χ1v) is 5.54. The second-order valence-electron chi connectivity index (χ2n) is 4.32. The van der Waals surface area contributed by atoms with Crippen LogP contribution < -0.4 is 0 Å². The predicted molar refractivity (Wildman–Crippen MR) is 62.0 cm³/mol. The minimum atomic E-state index is 0.596. The van der Waals surface area contributed by atoms with Crippen molar-refractivity contribution in [2.75, 3.05) is 13.6 Å². The van der Waals surface area contributed by atoms with Gasteiger partial charge in [-0.15, -0.1) is 6.42 Å². The van der Waals surface area contributed by atoms with Crippen molar-refractivity contribution in [3.05, 3.63) is 12.2 Å². The van der Waals surface area contributed by atoms with E-state index in [1.807, 2.05) is 0 Å². The van der Waals surface area contributed by atoms with Crippen LogP contribution in [-0.2, 0) is 0 Å². The Bertz CT molecular complexity index is 224. The Morgan fingerprint density at radius 3 is 3.00 bits per heavy atom. The van der Waals surface area contributed by atoms with Gasteiger partial charge in [-0.1, -0.05) is 18.1 Å². The molecule has 0 saturated heterocycles. The van der Waals surface area contributed by atoms with E-state index in [0.717, 1.165) is 12.5 Å². The third kappa shape index (κ3) is 3.55. The van der Waals surface area contributed by atoms with E-state index >= 15 is 0 Å². The highest BCUT2D eigenvalue weighted by molar-refractivity contribution is 4.95. The Morgan fingerprint density at radius 2 is 2.43 bits per heavy atom. The monoisotopic (exact) mass is 191 g/mol. The van der Waals surface area contributed by atoms with Gasteiger partial charge in [-0.25, -0.2) is 0 Å². The maximum absolute atomic E-state index is 5.29. The molecule has 2 atom stereocenters. The molecule has 14 heavy (non-hydrogen) atoms. The van der Waals surface area contributed by atoms with Gasteiger partial charge < -0.3 is 0 Å². The first-order chi connectivity index (χ1) is 6.74. The summed E-state index contributed by atoms with van der Waals surface area (Å²) in [6.45, 7) is 3.03. The Hall–Kier alpha value is -0.740. The molecule has 0 N–H and O–H groups in total. The maximum Gasteiger partial charge on any atom is 0.0598 e. The molecule has 78 valence electrons. The molecule has 1 aliphatic carbocycles. The first kappa shape index (κ1) is 11.3. The summed E-state index contributed by atoms with van der Waals surface area (Å²) < 4.78 is 0. The Morgan fingerprint density at radius 1 is 1.64 bits per heavy atom. The van der Waals surface area contributed by atoms with E-state index < -0.39 is 0 Å². The third-order valence-corrected chi connectivity index (χ3v) is 3.09. The van der Waals surface area contributed by atoms with Gasteiger partial charge >= 0.3 is 0 Å². The van der Waals surface area contributed by atoms with Gasteiger partial charge in [0.2, 0.25) is 0 Å². The summed E-state index contributed by atoms with van der Waals surface area (Å²) in [6, 6.07) is 0.596. The van der Waals surface area contributed by atoms with E-state index in [1.54, 1.807) is 0 Å². The fraction of sp³-hybridized carbons (Fsp3) is 0.692. The maximum atomic E-state index is 5.29. The fourth-order valence-electron chi connectivity index (χ4n) is 2.00. The minimum Gasteiger partial charge on any atom is -0.293 e. The number of allylic oxidation sites excluding steroid dienone is 2. The lowest BCUT2D eigenvalue weighted by Gasteiger charge is -2.26. The zero-order valence-electron chi connectivity index (χ0n) is 9.37. The summed E-state index contributed by atoms with van der Waals surface area (Å²) in [5, 5.41) is 0. The Balaban J connectivity index is 2.32. The molecule has 1 rings (SSSR count). The van der Waals surface area contributed by atoms with Crippen LogP contribution in [0.15, 0.2) is 12.2 Å². The van der Waals surface area contributed by atoms with Gasteiger partial charge in [-0.3, -0.25) is 4.90 Å². The highest BCUT2D eigenvalue weighted by Gasteiger charge is 2.15. The molecule has 0 aromatic heterocycles. The van der Waals surface area contributed by atoms with Crippen LogP contribution in [0.1, 0.15) is 32.6 Å². The first-order valence-electron chi connectivity index (χ1n) is 5.54. The molecule has 1 nitrogen and oxygen atoms in total. The molecule has 0 aromatic rings.